The minimum Gasteiger partial charge on any atom is -0.394 e. The third-order valence-corrected chi connectivity index (χ3v) is 4.86. The number of carbonyl (C=O) groups excluding carboxylic acids is 1. The van der Waals surface area contributed by atoms with Gasteiger partial charge in [0.25, 0.3) is 5.91 Å². The second kappa shape index (κ2) is 10.1. The molecule has 0 spiro atoms. The van der Waals surface area contributed by atoms with Crippen molar-refractivity contribution in [1.82, 2.24) is 9.88 Å². The number of hydrogen-bond donors (Lipinski definition) is 4. The summed E-state index contributed by atoms with van der Waals surface area (Å²) in [7, 11) is 0. The number of amides is 1. The highest BCUT2D eigenvalue weighted by molar-refractivity contribution is 7.07. The van der Waals surface area contributed by atoms with Crippen molar-refractivity contribution in [2.45, 2.75) is 50.1 Å². The van der Waals surface area contributed by atoms with Crippen LogP contribution >= 0.6 is 11.3 Å². The van der Waals surface area contributed by atoms with E-state index in [-0.39, 0.29) is 12.5 Å². The van der Waals surface area contributed by atoms with Crippen molar-refractivity contribution in [3.05, 3.63) is 16.6 Å². The first kappa shape index (κ1) is 20.2. The molecule has 0 bridgehead atoms. The monoisotopic (exact) mass is 374 g/mol. The zero-order valence-electron chi connectivity index (χ0n) is 14.0. The van der Waals surface area contributed by atoms with Crippen LogP contribution < -0.4 is 0 Å². The normalized spacial score (nSPS) is 28.0. The summed E-state index contributed by atoms with van der Waals surface area (Å²) >= 11 is 1.31. The summed E-state index contributed by atoms with van der Waals surface area (Å²) in [6.07, 6.45) is -1.86. The maximum Gasteiger partial charge on any atom is 0.273 e. The fourth-order valence-electron chi connectivity index (χ4n) is 2.83. The van der Waals surface area contributed by atoms with Gasteiger partial charge in [-0.2, -0.15) is 0 Å². The van der Waals surface area contributed by atoms with Gasteiger partial charge in [-0.1, -0.05) is 12.8 Å². The van der Waals surface area contributed by atoms with Crippen LogP contribution in [0, 0.1) is 0 Å². The molecule has 1 saturated heterocycles. The predicted octanol–water partition coefficient (Wildman–Crippen LogP) is -0.381. The number of rotatable bonds is 3. The van der Waals surface area contributed by atoms with E-state index < -0.39 is 31.0 Å². The van der Waals surface area contributed by atoms with Crippen LogP contribution in [0.3, 0.4) is 0 Å². The lowest BCUT2D eigenvalue weighted by Gasteiger charge is -2.33. The summed E-state index contributed by atoms with van der Waals surface area (Å²) in [5, 5.41) is 41.4. The molecule has 2 rings (SSSR count). The van der Waals surface area contributed by atoms with Crippen molar-refractivity contribution in [1.29, 1.82) is 0 Å². The third kappa shape index (κ3) is 5.70. The van der Waals surface area contributed by atoms with Gasteiger partial charge in [-0.15, -0.1) is 11.3 Å². The Morgan fingerprint density at radius 1 is 1.36 bits per heavy atom. The van der Waals surface area contributed by atoms with Gasteiger partial charge in [0.1, 0.15) is 30.1 Å². The van der Waals surface area contributed by atoms with Crippen LogP contribution in [0.5, 0.6) is 0 Å². The molecule has 0 unspecified atom stereocenters. The molecule has 0 radical (unpaired) electrons. The smallest absolute Gasteiger partial charge is 0.273 e. The molecule has 25 heavy (non-hydrogen) atoms. The highest BCUT2D eigenvalue weighted by Gasteiger charge is 2.34. The number of ether oxygens (including phenoxy) is 1. The Hall–Kier alpha value is -1.10. The maximum absolute atomic E-state index is 12.6. The molecule has 1 aromatic heterocycles. The van der Waals surface area contributed by atoms with E-state index >= 15 is 0 Å². The van der Waals surface area contributed by atoms with E-state index in [2.05, 4.69) is 4.98 Å². The van der Waals surface area contributed by atoms with Gasteiger partial charge < -0.3 is 30.1 Å². The minimum absolute atomic E-state index is 0.102. The Kier molecular flexibility index (Phi) is 8.20. The van der Waals surface area contributed by atoms with Crippen LogP contribution in [0.1, 0.15) is 36.2 Å². The first-order valence-electron chi connectivity index (χ1n) is 8.48. The maximum atomic E-state index is 12.6. The zero-order valence-corrected chi connectivity index (χ0v) is 14.8. The van der Waals surface area contributed by atoms with Gasteiger partial charge in [0.15, 0.2) is 0 Å². The molecule has 142 valence electrons. The van der Waals surface area contributed by atoms with E-state index in [1.807, 2.05) is 0 Å². The number of aliphatic hydroxyl groups is 4. The van der Waals surface area contributed by atoms with Gasteiger partial charge in [-0.05, 0) is 12.8 Å². The lowest BCUT2D eigenvalue weighted by atomic mass is 10.0. The van der Waals surface area contributed by atoms with E-state index in [9.17, 15) is 20.1 Å². The predicted molar refractivity (Wildman–Crippen MR) is 91.3 cm³/mol. The van der Waals surface area contributed by atoms with Crippen LogP contribution in [0.15, 0.2) is 10.9 Å². The minimum atomic E-state index is -1.42. The first-order chi connectivity index (χ1) is 12.0. The standard InChI is InChI=1S/C16H26N2O6S/c19-8-13(21)15-14(22)12(20)7-18(5-3-1-2-4-6-24-15)16(23)11-9-25-10-17-11/h9-10,12-15,19-22H,1-8H2/t12-,13+,14+,15+/m0/s1. The molecule has 1 fully saturated rings. The fourth-order valence-corrected chi connectivity index (χ4v) is 3.35. The van der Waals surface area contributed by atoms with Gasteiger partial charge in [0, 0.05) is 25.1 Å². The van der Waals surface area contributed by atoms with E-state index in [0.717, 1.165) is 25.7 Å². The van der Waals surface area contributed by atoms with Crippen LogP contribution in [0.4, 0.5) is 0 Å². The Balaban J connectivity index is 2.13. The van der Waals surface area contributed by atoms with Gasteiger partial charge in [0.2, 0.25) is 0 Å². The topological polar surface area (TPSA) is 123 Å². The van der Waals surface area contributed by atoms with E-state index in [1.165, 1.54) is 16.2 Å². The molecule has 4 atom stereocenters. The van der Waals surface area contributed by atoms with Crippen molar-refractivity contribution in [3.63, 3.8) is 0 Å². The number of aromatic nitrogens is 1. The first-order valence-corrected chi connectivity index (χ1v) is 9.43. The number of nitrogens with zero attached hydrogens (tertiary/aromatic N) is 2. The zero-order chi connectivity index (χ0) is 18.2. The molecular weight excluding hydrogens is 348 g/mol. The highest BCUT2D eigenvalue weighted by Crippen LogP contribution is 2.16. The number of hydrogen-bond acceptors (Lipinski definition) is 8. The molecule has 1 aromatic rings. The lowest BCUT2D eigenvalue weighted by molar-refractivity contribution is -0.145. The quantitative estimate of drug-likeness (QED) is 0.569. The van der Waals surface area contributed by atoms with Gasteiger partial charge in [-0.25, -0.2) is 4.98 Å². The van der Waals surface area contributed by atoms with E-state index in [1.54, 1.807) is 10.9 Å². The third-order valence-electron chi connectivity index (χ3n) is 4.28. The summed E-state index contributed by atoms with van der Waals surface area (Å²) in [5.41, 5.74) is 1.87. The fraction of sp³-hybridized carbons (Fsp3) is 0.750. The Labute approximate surface area is 150 Å². The largest absolute Gasteiger partial charge is 0.394 e. The highest BCUT2D eigenvalue weighted by atomic mass is 32.1. The summed E-state index contributed by atoms with van der Waals surface area (Å²) in [5.74, 6) is -0.301. The molecule has 2 heterocycles. The van der Waals surface area contributed by atoms with Gasteiger partial charge in [0.05, 0.1) is 12.1 Å². The summed E-state index contributed by atoms with van der Waals surface area (Å²) in [6.45, 7) is 0.0899. The molecule has 1 amide bonds. The number of β-amino-alcohol motifs (C(OH)–C–C–N with tert-alkyl or cyclic N) is 1. The molecule has 9 heteroatoms. The molecule has 1 aliphatic heterocycles. The van der Waals surface area contributed by atoms with Crippen LogP contribution in [-0.2, 0) is 4.74 Å². The van der Waals surface area contributed by atoms with Crippen molar-refractivity contribution < 1.29 is 30.0 Å². The van der Waals surface area contributed by atoms with Crippen molar-refractivity contribution in [3.8, 4) is 0 Å². The molecule has 0 saturated carbocycles. The number of carbonyl (C=O) groups is 1. The second-order valence-electron chi connectivity index (χ2n) is 6.18. The average Bonchev–Trinajstić information content (AvgIpc) is 3.14. The van der Waals surface area contributed by atoms with Gasteiger partial charge >= 0.3 is 0 Å². The average molecular weight is 374 g/mol. The SMILES string of the molecule is O=C(c1cscn1)N1CCCCCCO[C@H]([C@H](O)CO)[C@H](O)[C@@H](O)C1. The Morgan fingerprint density at radius 2 is 2.12 bits per heavy atom. The molecule has 0 aliphatic carbocycles. The molecule has 0 aromatic carbocycles. The second-order valence-corrected chi connectivity index (χ2v) is 6.90. The molecule has 8 nitrogen and oxygen atoms in total. The van der Waals surface area contributed by atoms with Crippen molar-refractivity contribution in [2.24, 2.45) is 0 Å². The lowest BCUT2D eigenvalue weighted by Crippen LogP contribution is -2.52. The van der Waals surface area contributed by atoms with Crippen LogP contribution in [0.25, 0.3) is 0 Å². The Bertz CT molecular complexity index is 515. The van der Waals surface area contributed by atoms with Crippen molar-refractivity contribution >= 4 is 17.2 Å². The van der Waals surface area contributed by atoms with E-state index in [4.69, 9.17) is 9.84 Å². The summed E-state index contributed by atoms with van der Waals surface area (Å²) in [6, 6.07) is 0. The van der Waals surface area contributed by atoms with E-state index in [0.29, 0.717) is 18.8 Å². The molecular formula is C16H26N2O6S. The summed E-state index contributed by atoms with van der Waals surface area (Å²) < 4.78 is 5.48. The molecule has 1 aliphatic rings. The van der Waals surface area contributed by atoms with Crippen LogP contribution in [-0.4, -0.2) is 86.9 Å². The molecule has 4 N–H and O–H groups in total. The van der Waals surface area contributed by atoms with Crippen LogP contribution in [0.2, 0.25) is 0 Å². The Morgan fingerprint density at radius 3 is 2.80 bits per heavy atom. The summed E-state index contributed by atoms with van der Waals surface area (Å²) in [4.78, 5) is 18.0. The number of thiazole rings is 1. The number of aliphatic hydroxyl groups excluding tert-OH is 4. The van der Waals surface area contributed by atoms with Crippen molar-refractivity contribution in [2.75, 3.05) is 26.3 Å². The van der Waals surface area contributed by atoms with Gasteiger partial charge in [-0.3, -0.25) is 4.79 Å².